The van der Waals surface area contributed by atoms with Crippen LogP contribution in [0.25, 0.3) is 0 Å². The Kier molecular flexibility index (Phi) is 6.35. The van der Waals surface area contributed by atoms with Crippen LogP contribution in [0.15, 0.2) is 40.6 Å². The number of thiophene rings is 1. The molecule has 2 aromatic rings. The SMILES string of the molecule is COc1ccc(S(=O)(=O)N(C)C)cc1NC(=O)COC(=O)c1cccs1. The first-order valence-corrected chi connectivity index (χ1v) is 9.68. The van der Waals surface area contributed by atoms with Gasteiger partial charge in [0.05, 0.1) is 17.7 Å². The summed E-state index contributed by atoms with van der Waals surface area (Å²) in [4.78, 5) is 24.2. The van der Waals surface area contributed by atoms with Gasteiger partial charge < -0.3 is 14.8 Å². The monoisotopic (exact) mass is 398 g/mol. The number of hydrogen-bond donors (Lipinski definition) is 1. The first-order chi connectivity index (χ1) is 12.3. The number of carbonyl (C=O) groups is 2. The maximum Gasteiger partial charge on any atom is 0.348 e. The second-order valence-corrected chi connectivity index (χ2v) is 8.35. The van der Waals surface area contributed by atoms with E-state index >= 15 is 0 Å². The fourth-order valence-electron chi connectivity index (χ4n) is 1.94. The molecular formula is C16H18N2O6S2. The van der Waals surface area contributed by atoms with Crippen molar-refractivity contribution in [2.75, 3.05) is 33.1 Å². The van der Waals surface area contributed by atoms with E-state index < -0.39 is 28.5 Å². The minimum absolute atomic E-state index is 0.00539. The summed E-state index contributed by atoms with van der Waals surface area (Å²) in [5.74, 6) is -0.945. The number of anilines is 1. The average molecular weight is 398 g/mol. The van der Waals surface area contributed by atoms with Crippen LogP contribution in [0.2, 0.25) is 0 Å². The van der Waals surface area contributed by atoms with Gasteiger partial charge >= 0.3 is 5.97 Å². The lowest BCUT2D eigenvalue weighted by Crippen LogP contribution is -2.23. The molecule has 0 aliphatic carbocycles. The number of hydrogen-bond acceptors (Lipinski definition) is 7. The van der Waals surface area contributed by atoms with Crippen molar-refractivity contribution in [3.63, 3.8) is 0 Å². The number of carbonyl (C=O) groups excluding carboxylic acids is 2. The molecule has 0 fully saturated rings. The molecule has 0 bridgehead atoms. The van der Waals surface area contributed by atoms with Crippen molar-refractivity contribution in [3.05, 3.63) is 40.6 Å². The van der Waals surface area contributed by atoms with Crippen molar-refractivity contribution < 1.29 is 27.5 Å². The molecular weight excluding hydrogens is 380 g/mol. The summed E-state index contributed by atoms with van der Waals surface area (Å²) in [5.41, 5.74) is 0.160. The molecule has 0 unspecified atom stereocenters. The van der Waals surface area contributed by atoms with Crippen LogP contribution < -0.4 is 10.1 Å². The minimum atomic E-state index is -3.67. The molecule has 0 atom stereocenters. The predicted molar refractivity (Wildman–Crippen MR) is 97.1 cm³/mol. The molecule has 1 heterocycles. The molecule has 1 amide bonds. The van der Waals surface area contributed by atoms with Gasteiger partial charge in [-0.3, -0.25) is 4.79 Å². The van der Waals surface area contributed by atoms with Gasteiger partial charge in [0.1, 0.15) is 10.6 Å². The van der Waals surface area contributed by atoms with E-state index in [0.29, 0.717) is 4.88 Å². The molecule has 140 valence electrons. The molecule has 0 saturated carbocycles. The van der Waals surface area contributed by atoms with Crippen molar-refractivity contribution >= 4 is 38.9 Å². The number of amides is 1. The van der Waals surface area contributed by atoms with Gasteiger partial charge in [-0.25, -0.2) is 17.5 Å². The van der Waals surface area contributed by atoms with Gasteiger partial charge in [0, 0.05) is 14.1 Å². The molecule has 1 N–H and O–H groups in total. The Morgan fingerprint density at radius 2 is 1.96 bits per heavy atom. The van der Waals surface area contributed by atoms with Crippen LogP contribution in [0, 0.1) is 0 Å². The summed E-state index contributed by atoms with van der Waals surface area (Å²) in [5, 5.41) is 4.21. The van der Waals surface area contributed by atoms with E-state index in [1.807, 2.05) is 0 Å². The first-order valence-electron chi connectivity index (χ1n) is 7.36. The van der Waals surface area contributed by atoms with Crippen molar-refractivity contribution in [2.24, 2.45) is 0 Å². The van der Waals surface area contributed by atoms with Gasteiger partial charge in [0.2, 0.25) is 10.0 Å². The van der Waals surface area contributed by atoms with Crippen LogP contribution in [0.1, 0.15) is 9.67 Å². The average Bonchev–Trinajstić information content (AvgIpc) is 3.14. The summed E-state index contributed by atoms with van der Waals surface area (Å²) in [7, 11) is 0.527. The van der Waals surface area contributed by atoms with Crippen LogP contribution in [0.4, 0.5) is 5.69 Å². The zero-order valence-electron chi connectivity index (χ0n) is 14.4. The van der Waals surface area contributed by atoms with E-state index in [2.05, 4.69) is 5.32 Å². The summed E-state index contributed by atoms with van der Waals surface area (Å²) in [6, 6.07) is 7.38. The summed E-state index contributed by atoms with van der Waals surface area (Å²) < 4.78 is 35.6. The maximum absolute atomic E-state index is 12.2. The second kappa shape index (κ2) is 8.30. The van der Waals surface area contributed by atoms with E-state index in [1.165, 1.54) is 50.7 Å². The van der Waals surface area contributed by atoms with Gasteiger partial charge in [0.25, 0.3) is 5.91 Å². The lowest BCUT2D eigenvalue weighted by atomic mass is 10.3. The summed E-state index contributed by atoms with van der Waals surface area (Å²) in [6.07, 6.45) is 0. The van der Waals surface area contributed by atoms with Crippen LogP contribution >= 0.6 is 11.3 Å². The lowest BCUT2D eigenvalue weighted by molar-refractivity contribution is -0.119. The molecule has 26 heavy (non-hydrogen) atoms. The Morgan fingerprint density at radius 1 is 1.23 bits per heavy atom. The van der Waals surface area contributed by atoms with Crippen LogP contribution in [0.3, 0.4) is 0 Å². The van der Waals surface area contributed by atoms with Crippen LogP contribution in [0.5, 0.6) is 5.75 Å². The highest BCUT2D eigenvalue weighted by atomic mass is 32.2. The largest absolute Gasteiger partial charge is 0.495 e. The molecule has 0 radical (unpaired) electrons. The highest BCUT2D eigenvalue weighted by Crippen LogP contribution is 2.28. The standard InChI is InChI=1S/C16H18N2O6S2/c1-18(2)26(21,22)11-6-7-13(23-3)12(9-11)17-15(19)10-24-16(20)14-5-4-8-25-14/h4-9H,10H2,1-3H3,(H,17,19). The zero-order valence-corrected chi connectivity index (χ0v) is 16.0. The number of ether oxygens (including phenoxy) is 2. The second-order valence-electron chi connectivity index (χ2n) is 5.25. The number of sulfonamides is 1. The number of benzene rings is 1. The van der Waals surface area contributed by atoms with E-state index in [-0.39, 0.29) is 16.3 Å². The minimum Gasteiger partial charge on any atom is -0.495 e. The molecule has 1 aromatic heterocycles. The van der Waals surface area contributed by atoms with Gasteiger partial charge in [0.15, 0.2) is 6.61 Å². The van der Waals surface area contributed by atoms with E-state index in [0.717, 1.165) is 4.31 Å². The quantitative estimate of drug-likeness (QED) is 0.714. The van der Waals surface area contributed by atoms with Gasteiger partial charge in [-0.05, 0) is 29.6 Å². The summed E-state index contributed by atoms with van der Waals surface area (Å²) >= 11 is 1.20. The Bertz CT molecular complexity index is 891. The fraction of sp³-hybridized carbons (Fsp3) is 0.250. The number of methoxy groups -OCH3 is 1. The normalized spacial score (nSPS) is 11.2. The highest BCUT2D eigenvalue weighted by molar-refractivity contribution is 7.89. The zero-order chi connectivity index (χ0) is 19.3. The van der Waals surface area contributed by atoms with Crippen molar-refractivity contribution in [2.45, 2.75) is 4.90 Å². The van der Waals surface area contributed by atoms with E-state index in [1.54, 1.807) is 17.5 Å². The third-order valence-electron chi connectivity index (χ3n) is 3.28. The topological polar surface area (TPSA) is 102 Å². The first kappa shape index (κ1) is 19.9. The summed E-state index contributed by atoms with van der Waals surface area (Å²) in [6.45, 7) is -0.509. The molecule has 0 aliphatic rings. The molecule has 0 aliphatic heterocycles. The van der Waals surface area contributed by atoms with E-state index in [4.69, 9.17) is 9.47 Å². The van der Waals surface area contributed by atoms with Gasteiger partial charge in [-0.2, -0.15) is 0 Å². The number of nitrogens with one attached hydrogen (secondary N) is 1. The Morgan fingerprint density at radius 3 is 2.54 bits per heavy atom. The molecule has 0 saturated heterocycles. The van der Waals surface area contributed by atoms with Crippen LogP contribution in [-0.4, -0.2) is 52.4 Å². The van der Waals surface area contributed by atoms with Gasteiger partial charge in [-0.15, -0.1) is 11.3 Å². The van der Waals surface area contributed by atoms with Crippen molar-refractivity contribution in [1.29, 1.82) is 0 Å². The molecule has 0 spiro atoms. The highest BCUT2D eigenvalue weighted by Gasteiger charge is 2.20. The smallest absolute Gasteiger partial charge is 0.348 e. The predicted octanol–water partition coefficient (Wildman–Crippen LogP) is 1.80. The molecule has 8 nitrogen and oxygen atoms in total. The van der Waals surface area contributed by atoms with E-state index in [9.17, 15) is 18.0 Å². The number of nitrogens with zero attached hydrogens (tertiary/aromatic N) is 1. The van der Waals surface area contributed by atoms with Gasteiger partial charge in [-0.1, -0.05) is 6.07 Å². The Labute approximate surface area is 155 Å². The molecule has 1 aromatic carbocycles. The van der Waals surface area contributed by atoms with Crippen molar-refractivity contribution in [3.8, 4) is 5.75 Å². The third kappa shape index (κ3) is 4.59. The Hall–Kier alpha value is -2.43. The number of esters is 1. The molecule has 2 rings (SSSR count). The van der Waals surface area contributed by atoms with Crippen LogP contribution in [-0.2, 0) is 19.6 Å². The maximum atomic E-state index is 12.2. The number of rotatable bonds is 7. The van der Waals surface area contributed by atoms with Crippen molar-refractivity contribution in [1.82, 2.24) is 4.31 Å². The Balaban J connectivity index is 2.12. The lowest BCUT2D eigenvalue weighted by Gasteiger charge is -2.15. The fourth-order valence-corrected chi connectivity index (χ4v) is 3.48. The molecule has 10 heteroatoms. The third-order valence-corrected chi connectivity index (χ3v) is 5.94.